The molecular weight excluding hydrogens is 1290 g/mol. The molecule has 4 heterocycles. The van der Waals surface area contributed by atoms with Crippen LogP contribution in [0.3, 0.4) is 0 Å². The highest BCUT2D eigenvalue weighted by molar-refractivity contribution is 14.1. The summed E-state index contributed by atoms with van der Waals surface area (Å²) in [7, 11) is 9.16. The molecule has 86 heavy (non-hydrogen) atoms. The fourth-order valence-electron chi connectivity index (χ4n) is 12.8. The number of allylic oxidation sites excluding steroid dienone is 2. The van der Waals surface area contributed by atoms with Gasteiger partial charge in [0.25, 0.3) is 0 Å². The number of aliphatic hydroxyl groups excluding tert-OH is 4. The van der Waals surface area contributed by atoms with Gasteiger partial charge in [-0.1, -0.05) is 70.0 Å². The summed E-state index contributed by atoms with van der Waals surface area (Å²) in [5.74, 6) is 11.3. The van der Waals surface area contributed by atoms with Crippen molar-refractivity contribution in [3.05, 3.63) is 38.0 Å². The van der Waals surface area contributed by atoms with Crippen LogP contribution in [0.15, 0.2) is 23.3 Å². The second-order valence-corrected chi connectivity index (χ2v) is 28.1. The molecule has 3 unspecified atom stereocenters. The first-order valence-electron chi connectivity index (χ1n) is 29.1. The third-order valence-electron chi connectivity index (χ3n) is 17.4. The molecule has 476 valence electrons. The number of methoxy groups -OCH3 is 4. The van der Waals surface area contributed by atoms with Gasteiger partial charge in [-0.3, -0.25) is 14.4 Å². The van der Waals surface area contributed by atoms with Crippen LogP contribution in [0.25, 0.3) is 0 Å². The number of aliphatic hydroxyl groups is 5. The molecule has 0 bridgehead atoms. The van der Waals surface area contributed by atoms with Crippen LogP contribution in [-0.4, -0.2) is 210 Å². The van der Waals surface area contributed by atoms with Crippen molar-refractivity contribution in [2.75, 3.05) is 47.3 Å². The lowest BCUT2D eigenvalue weighted by molar-refractivity contribution is -0.342. The van der Waals surface area contributed by atoms with Crippen LogP contribution in [0.2, 0.25) is 0 Å². The number of Topliss-reactive ketones (excluding diaryl/α,β-unsaturated/α-hetero) is 2. The summed E-state index contributed by atoms with van der Waals surface area (Å²) in [6.45, 7) is 12.8. The van der Waals surface area contributed by atoms with Crippen molar-refractivity contribution in [1.82, 2.24) is 10.8 Å². The van der Waals surface area contributed by atoms with Gasteiger partial charge in [0.15, 0.2) is 30.4 Å². The SMILES string of the molecule is CCN[C@H]1CO[C@@H](O[C@H]2[C@H](O[C@H]3C#C/C=C(/C)C#CC45C(CC(C)=O)C(=O)C[C@]4(O)/C(=C/CSSC4CC4)C35)O[C@H](C)[C@@H](NO[C@H]3C[C@H](O)[C@H](SC(=O)c4c(C)c(I)c(O[C@@H]5O[C@@H](C)[C@H](O)[C@@H](OC)[C@H]5O)c(OC)c4OC)[C@@H](C)O3)[C@@H]2O)C[C@@H]1OC. The first-order valence-corrected chi connectivity index (χ1v) is 33.5. The molecule has 3 saturated carbocycles. The minimum Gasteiger partial charge on any atom is -0.492 e. The Bertz CT molecular complexity index is 2830. The number of carbonyl (C=O) groups excluding carboxylic acids is 3. The number of ketones is 2. The van der Waals surface area contributed by atoms with Crippen LogP contribution in [-0.2, 0) is 52.3 Å². The Morgan fingerprint density at radius 1 is 0.895 bits per heavy atom. The zero-order valence-electron chi connectivity index (χ0n) is 50.1. The van der Waals surface area contributed by atoms with Gasteiger partial charge in [-0.05, 0) is 101 Å². The number of benzene rings is 1. The molecule has 0 radical (unpaired) electrons. The number of hydrogen-bond acceptors (Lipinski definition) is 25. The Balaban J connectivity index is 0.934. The van der Waals surface area contributed by atoms with E-state index in [4.69, 9.17) is 56.9 Å². The minimum absolute atomic E-state index is 0.0409. The second-order valence-electron chi connectivity index (χ2n) is 23.1. The smallest absolute Gasteiger partial charge is 0.229 e. The van der Waals surface area contributed by atoms with Crippen LogP contribution in [0.1, 0.15) is 96.0 Å². The summed E-state index contributed by atoms with van der Waals surface area (Å²) < 4.78 is 68.4. The maximum Gasteiger partial charge on any atom is 0.229 e. The van der Waals surface area contributed by atoms with E-state index in [1.807, 2.05) is 35.6 Å². The van der Waals surface area contributed by atoms with Gasteiger partial charge in [-0.15, -0.1) is 0 Å². The summed E-state index contributed by atoms with van der Waals surface area (Å²) in [5, 5.41) is 61.6. The molecule has 26 heteroatoms. The first-order chi connectivity index (χ1) is 41.0. The summed E-state index contributed by atoms with van der Waals surface area (Å²) >= 11 is 2.86. The van der Waals surface area contributed by atoms with Gasteiger partial charge in [0, 0.05) is 68.3 Å². The monoisotopic (exact) mass is 1370 g/mol. The lowest BCUT2D eigenvalue weighted by atomic mass is 9.44. The molecule has 0 amide bonds. The molecule has 1 aromatic rings. The van der Waals surface area contributed by atoms with Crippen molar-refractivity contribution in [3.8, 4) is 40.9 Å². The Labute approximate surface area is 528 Å². The van der Waals surface area contributed by atoms with E-state index in [0.29, 0.717) is 37.8 Å². The molecule has 4 aliphatic heterocycles. The fraction of sp³-hybridized carbons (Fsp3) is 0.717. The van der Waals surface area contributed by atoms with Crippen molar-refractivity contribution in [1.29, 1.82) is 0 Å². The zero-order valence-corrected chi connectivity index (χ0v) is 54.7. The average molecular weight is 1370 g/mol. The Morgan fingerprint density at radius 2 is 1.63 bits per heavy atom. The predicted molar refractivity (Wildman–Crippen MR) is 326 cm³/mol. The zero-order chi connectivity index (χ0) is 62.1. The summed E-state index contributed by atoms with van der Waals surface area (Å²) in [6, 6.07) is -1.17. The van der Waals surface area contributed by atoms with E-state index in [-0.39, 0.29) is 78.8 Å². The molecule has 22 nitrogen and oxygen atoms in total. The van der Waals surface area contributed by atoms with Crippen LogP contribution in [0.4, 0.5) is 0 Å². The lowest BCUT2D eigenvalue weighted by Crippen LogP contribution is -2.69. The summed E-state index contributed by atoms with van der Waals surface area (Å²) in [6.07, 6.45) is -10.3. The molecule has 1 aromatic carbocycles. The van der Waals surface area contributed by atoms with E-state index in [1.54, 1.807) is 69.4 Å². The molecule has 7 N–H and O–H groups in total. The van der Waals surface area contributed by atoms with Gasteiger partial charge in [-0.2, -0.15) is 5.48 Å². The highest BCUT2D eigenvalue weighted by Crippen LogP contribution is 2.70. The number of thioether (sulfide) groups is 1. The van der Waals surface area contributed by atoms with Gasteiger partial charge in [-0.25, -0.2) is 0 Å². The second kappa shape index (κ2) is 28.9. The van der Waals surface area contributed by atoms with Crippen LogP contribution >= 0.6 is 55.9 Å². The third-order valence-corrected chi connectivity index (χ3v) is 22.9. The highest BCUT2D eigenvalue weighted by Gasteiger charge is 2.78. The molecule has 4 saturated heterocycles. The summed E-state index contributed by atoms with van der Waals surface area (Å²) in [4.78, 5) is 47.8. The summed E-state index contributed by atoms with van der Waals surface area (Å²) in [5.41, 5.74) is 1.52. The van der Waals surface area contributed by atoms with Gasteiger partial charge >= 0.3 is 0 Å². The van der Waals surface area contributed by atoms with Crippen LogP contribution in [0, 0.1) is 51.4 Å². The normalized spacial score (nSPS) is 40.5. The molecule has 1 spiro atoms. The first kappa shape index (κ1) is 67.8. The number of nitrogens with one attached hydrogen (secondary N) is 2. The molecule has 4 aliphatic carbocycles. The maximum atomic E-state index is 14.5. The molecule has 7 fully saturated rings. The Kier molecular flexibility index (Phi) is 22.8. The number of hydrogen-bond donors (Lipinski definition) is 7. The topological polar surface area (TPSA) is 287 Å². The number of hydroxylamine groups is 1. The van der Waals surface area contributed by atoms with E-state index in [9.17, 15) is 39.9 Å². The van der Waals surface area contributed by atoms with Crippen LogP contribution < -0.4 is 25.0 Å². The standard InChI is InChI=1S/C60H81IN2O20S3/c1-12-62-36-26-76-41(24-40(36)72-8)81-53-48(68)46(30(5)78-58(53)80-39-15-13-14-27(2)18-20-59-35(22-28(3)64)38(66)25-60(59,71)34(44(39)59)19-21-84-86-33-16-17-33)63-83-42-23-37(65)55(32(7)77-42)85-56(70)43-29(4)45(61)51(54(75-11)50(43)73-9)82-57-49(69)52(74-10)47(67)31(6)79-57/h14,19,30-33,35-37,39-42,44,46-49,52-53,55,57-58,62-63,65,67-69,71H,12,16-17,21-26H2,1-11H3/b27-14-,34-19+/t30-,31+,32-,35?,36+,37+,39+,40+,41+,42+,44?,46-,47+,48+,49-,52-,53-,55-,57+,58+,59?,60+/m1/s1. The molecule has 8 aliphatic rings. The van der Waals surface area contributed by atoms with Crippen molar-refractivity contribution < 1.29 is 96.9 Å². The van der Waals surface area contributed by atoms with E-state index < -0.39 is 125 Å². The van der Waals surface area contributed by atoms with Crippen molar-refractivity contribution in [3.63, 3.8) is 0 Å². The number of rotatable bonds is 23. The van der Waals surface area contributed by atoms with Gasteiger partial charge < -0.3 is 87.7 Å². The molecule has 9 rings (SSSR count). The lowest BCUT2D eigenvalue weighted by Gasteiger charge is -2.60. The van der Waals surface area contributed by atoms with Crippen molar-refractivity contribution in [2.45, 2.75) is 207 Å². The Morgan fingerprint density at radius 3 is 2.29 bits per heavy atom. The number of carbonyl (C=O) groups is 3. The van der Waals surface area contributed by atoms with Gasteiger partial charge in [0.1, 0.15) is 53.8 Å². The van der Waals surface area contributed by atoms with E-state index in [2.05, 4.69) is 34.5 Å². The average Bonchev–Trinajstić information content (AvgIpc) is 1.41. The Hall–Kier alpha value is -2.63. The van der Waals surface area contributed by atoms with E-state index in [0.717, 1.165) is 24.6 Å². The predicted octanol–water partition coefficient (Wildman–Crippen LogP) is 4.07. The number of halogens is 1. The number of ether oxygens (including phenoxy) is 11. The van der Waals surface area contributed by atoms with Crippen LogP contribution in [0.5, 0.6) is 17.2 Å². The molecular formula is C60H81IN2O20S3. The molecule has 0 aromatic heterocycles. The third kappa shape index (κ3) is 13.6. The van der Waals surface area contributed by atoms with Gasteiger partial charge in [0.2, 0.25) is 17.2 Å². The largest absolute Gasteiger partial charge is 0.492 e. The van der Waals surface area contributed by atoms with E-state index in [1.165, 1.54) is 28.3 Å². The quantitative estimate of drug-likeness (QED) is 0.0203. The van der Waals surface area contributed by atoms with E-state index >= 15 is 0 Å². The molecule has 22 atom stereocenters. The minimum atomic E-state index is -1.71. The van der Waals surface area contributed by atoms with Crippen molar-refractivity contribution >= 4 is 72.6 Å². The number of likely N-dealkylation sites (N-methyl/N-ethyl adjacent to an activating group) is 1. The fourth-order valence-corrected chi connectivity index (χ4v) is 17.0. The highest BCUT2D eigenvalue weighted by atomic mass is 127. The van der Waals surface area contributed by atoms with Crippen molar-refractivity contribution in [2.24, 2.45) is 17.3 Å². The van der Waals surface area contributed by atoms with Gasteiger partial charge in [0.05, 0.1) is 83.2 Å². The maximum absolute atomic E-state index is 14.5.